The first-order valence-corrected chi connectivity index (χ1v) is 4.81. The first kappa shape index (κ1) is 10.8. The van der Waals surface area contributed by atoms with Gasteiger partial charge in [-0.3, -0.25) is 9.59 Å². The van der Waals surface area contributed by atoms with E-state index in [-0.39, 0.29) is 17.9 Å². The molecular formula is C10H15NO3. The van der Waals surface area contributed by atoms with Crippen LogP contribution in [0.3, 0.4) is 0 Å². The second kappa shape index (κ2) is 5.42. The molecule has 0 bridgehead atoms. The van der Waals surface area contributed by atoms with Gasteiger partial charge in [0.1, 0.15) is 0 Å². The molecule has 0 heterocycles. The minimum atomic E-state index is -0.231. The third-order valence-electron chi connectivity index (χ3n) is 2.30. The Kier molecular flexibility index (Phi) is 4.16. The Balaban J connectivity index is 2.58. The van der Waals surface area contributed by atoms with E-state index in [1.807, 2.05) is 12.2 Å². The number of hydrogen-bond donors (Lipinski definition) is 1. The first-order valence-electron chi connectivity index (χ1n) is 4.81. The van der Waals surface area contributed by atoms with Crippen LogP contribution < -0.4 is 5.32 Å². The lowest BCUT2D eigenvalue weighted by atomic mass is 9.89. The Labute approximate surface area is 83.3 Å². The van der Waals surface area contributed by atoms with Crippen molar-refractivity contribution in [2.24, 2.45) is 5.92 Å². The lowest BCUT2D eigenvalue weighted by Gasteiger charge is -2.25. The zero-order valence-corrected chi connectivity index (χ0v) is 8.23. The first-order chi connectivity index (χ1) is 6.79. The molecule has 2 atom stereocenters. The van der Waals surface area contributed by atoms with Crippen LogP contribution in [0.1, 0.15) is 19.8 Å². The molecule has 0 aromatic heterocycles. The monoisotopic (exact) mass is 197 g/mol. The van der Waals surface area contributed by atoms with Crippen molar-refractivity contribution in [3.63, 3.8) is 0 Å². The Bertz CT molecular complexity index is 238. The molecule has 4 heteroatoms. The van der Waals surface area contributed by atoms with Crippen LogP contribution in [-0.2, 0) is 14.3 Å². The standard InChI is InChI=1S/C10H15NO3/c1-2-14-10(13)8-5-3-4-6-9(8)11-7-12/h3-4,7-9H,2,5-6H2,1H3,(H,11,12). The third-order valence-corrected chi connectivity index (χ3v) is 2.30. The summed E-state index contributed by atoms with van der Waals surface area (Å²) >= 11 is 0. The predicted molar refractivity (Wildman–Crippen MR) is 51.5 cm³/mol. The van der Waals surface area contributed by atoms with Gasteiger partial charge in [0.05, 0.1) is 12.5 Å². The van der Waals surface area contributed by atoms with Gasteiger partial charge in [-0.15, -0.1) is 0 Å². The molecule has 0 fully saturated rings. The van der Waals surface area contributed by atoms with Crippen LogP contribution in [0.5, 0.6) is 0 Å². The SMILES string of the molecule is CCOC(=O)C1CC=CCC1NC=O. The Morgan fingerprint density at radius 1 is 1.57 bits per heavy atom. The average molecular weight is 197 g/mol. The van der Waals surface area contributed by atoms with Gasteiger partial charge in [-0.25, -0.2) is 0 Å². The highest BCUT2D eigenvalue weighted by atomic mass is 16.5. The van der Waals surface area contributed by atoms with E-state index in [2.05, 4.69) is 5.32 Å². The molecule has 0 saturated heterocycles. The number of allylic oxidation sites excluding steroid dienone is 1. The number of rotatable bonds is 4. The van der Waals surface area contributed by atoms with Gasteiger partial charge in [0.2, 0.25) is 6.41 Å². The van der Waals surface area contributed by atoms with Crippen molar-refractivity contribution < 1.29 is 14.3 Å². The van der Waals surface area contributed by atoms with Gasteiger partial charge in [-0.05, 0) is 19.8 Å². The summed E-state index contributed by atoms with van der Waals surface area (Å²) in [5.74, 6) is -0.457. The maximum Gasteiger partial charge on any atom is 0.311 e. The number of carbonyl (C=O) groups is 2. The summed E-state index contributed by atoms with van der Waals surface area (Å²) in [4.78, 5) is 21.8. The molecule has 1 amide bonds. The van der Waals surface area contributed by atoms with Crippen LogP contribution in [0.4, 0.5) is 0 Å². The third kappa shape index (κ3) is 2.58. The van der Waals surface area contributed by atoms with Gasteiger partial charge in [-0.1, -0.05) is 12.2 Å². The molecular weight excluding hydrogens is 182 g/mol. The summed E-state index contributed by atoms with van der Waals surface area (Å²) < 4.78 is 4.93. The van der Waals surface area contributed by atoms with Crippen molar-refractivity contribution in [1.29, 1.82) is 0 Å². The molecule has 1 N–H and O–H groups in total. The van der Waals surface area contributed by atoms with Crippen molar-refractivity contribution >= 4 is 12.4 Å². The number of hydrogen-bond acceptors (Lipinski definition) is 3. The normalized spacial score (nSPS) is 25.5. The molecule has 78 valence electrons. The van der Waals surface area contributed by atoms with Crippen molar-refractivity contribution in [1.82, 2.24) is 5.32 Å². The number of ether oxygens (including phenoxy) is 1. The highest BCUT2D eigenvalue weighted by Gasteiger charge is 2.29. The van der Waals surface area contributed by atoms with Gasteiger partial charge in [-0.2, -0.15) is 0 Å². The molecule has 0 aromatic rings. The van der Waals surface area contributed by atoms with Gasteiger partial charge in [0.25, 0.3) is 0 Å². The summed E-state index contributed by atoms with van der Waals surface area (Å²) in [6.07, 6.45) is 5.89. The van der Waals surface area contributed by atoms with Crippen molar-refractivity contribution in [2.45, 2.75) is 25.8 Å². The summed E-state index contributed by atoms with van der Waals surface area (Å²) in [5.41, 5.74) is 0. The number of carbonyl (C=O) groups excluding carboxylic acids is 2. The van der Waals surface area contributed by atoms with Crippen LogP contribution in [0.25, 0.3) is 0 Å². The largest absolute Gasteiger partial charge is 0.466 e. The van der Waals surface area contributed by atoms with E-state index in [4.69, 9.17) is 4.74 Å². The molecule has 14 heavy (non-hydrogen) atoms. The summed E-state index contributed by atoms with van der Waals surface area (Å²) in [7, 11) is 0. The van der Waals surface area contributed by atoms with E-state index in [0.717, 1.165) is 0 Å². The molecule has 0 aromatic carbocycles. The fourth-order valence-corrected chi connectivity index (χ4v) is 1.60. The van der Waals surface area contributed by atoms with E-state index in [1.54, 1.807) is 6.92 Å². The minimum Gasteiger partial charge on any atom is -0.466 e. The molecule has 0 radical (unpaired) electrons. The zero-order chi connectivity index (χ0) is 10.4. The maximum atomic E-state index is 11.5. The number of amides is 1. The Morgan fingerprint density at radius 3 is 2.93 bits per heavy atom. The zero-order valence-electron chi connectivity index (χ0n) is 8.23. The number of nitrogens with one attached hydrogen (secondary N) is 1. The van der Waals surface area contributed by atoms with Crippen LogP contribution in [-0.4, -0.2) is 25.0 Å². The van der Waals surface area contributed by atoms with Crippen molar-refractivity contribution in [3.8, 4) is 0 Å². The van der Waals surface area contributed by atoms with Gasteiger partial charge >= 0.3 is 5.97 Å². The second-order valence-corrected chi connectivity index (χ2v) is 3.19. The molecule has 1 aliphatic rings. The topological polar surface area (TPSA) is 55.4 Å². The van der Waals surface area contributed by atoms with E-state index >= 15 is 0 Å². The molecule has 0 saturated carbocycles. The van der Waals surface area contributed by atoms with Crippen LogP contribution in [0, 0.1) is 5.92 Å². The van der Waals surface area contributed by atoms with Crippen molar-refractivity contribution in [2.75, 3.05) is 6.61 Å². The Hall–Kier alpha value is -1.32. The van der Waals surface area contributed by atoms with E-state index < -0.39 is 0 Å². The fourth-order valence-electron chi connectivity index (χ4n) is 1.60. The summed E-state index contributed by atoms with van der Waals surface area (Å²) in [6, 6.07) is -0.114. The van der Waals surface area contributed by atoms with Gasteiger partial charge < -0.3 is 10.1 Å². The van der Waals surface area contributed by atoms with Crippen LogP contribution in [0.15, 0.2) is 12.2 Å². The van der Waals surface area contributed by atoms with Crippen molar-refractivity contribution in [3.05, 3.63) is 12.2 Å². The minimum absolute atomic E-state index is 0.114. The lowest BCUT2D eigenvalue weighted by Crippen LogP contribution is -2.41. The predicted octanol–water partition coefficient (Wildman–Crippen LogP) is 0.630. The fraction of sp³-hybridized carbons (Fsp3) is 0.600. The maximum absolute atomic E-state index is 11.5. The highest BCUT2D eigenvalue weighted by molar-refractivity contribution is 5.74. The van der Waals surface area contributed by atoms with E-state index in [0.29, 0.717) is 25.9 Å². The molecule has 0 aliphatic heterocycles. The molecule has 2 unspecified atom stereocenters. The summed E-state index contributed by atoms with van der Waals surface area (Å²) in [6.45, 7) is 2.16. The van der Waals surface area contributed by atoms with E-state index in [9.17, 15) is 9.59 Å². The highest BCUT2D eigenvalue weighted by Crippen LogP contribution is 2.20. The van der Waals surface area contributed by atoms with Gasteiger partial charge in [0, 0.05) is 6.04 Å². The van der Waals surface area contributed by atoms with Gasteiger partial charge in [0.15, 0.2) is 0 Å². The second-order valence-electron chi connectivity index (χ2n) is 3.19. The quantitative estimate of drug-likeness (QED) is 0.408. The Morgan fingerprint density at radius 2 is 2.29 bits per heavy atom. The van der Waals surface area contributed by atoms with Crippen LogP contribution in [0.2, 0.25) is 0 Å². The van der Waals surface area contributed by atoms with Crippen LogP contribution >= 0.6 is 0 Å². The molecule has 1 rings (SSSR count). The smallest absolute Gasteiger partial charge is 0.311 e. The lowest BCUT2D eigenvalue weighted by molar-refractivity contribution is -0.149. The molecule has 4 nitrogen and oxygen atoms in total. The molecule has 0 spiro atoms. The van der Waals surface area contributed by atoms with E-state index in [1.165, 1.54) is 0 Å². The number of esters is 1. The molecule has 1 aliphatic carbocycles. The average Bonchev–Trinajstić information content (AvgIpc) is 2.19. The summed E-state index contributed by atoms with van der Waals surface area (Å²) in [5, 5.41) is 2.64.